The van der Waals surface area contributed by atoms with E-state index in [1.54, 1.807) is 0 Å². The molecule has 2 aliphatic rings. The molecule has 64 valence electrons. The van der Waals surface area contributed by atoms with Crippen molar-refractivity contribution in [2.45, 2.75) is 31.7 Å². The van der Waals surface area contributed by atoms with Gasteiger partial charge in [-0.25, -0.2) is 0 Å². The van der Waals surface area contributed by atoms with Gasteiger partial charge in [0, 0.05) is 24.0 Å². The molecular weight excluding hydrogens is 136 g/mol. The van der Waals surface area contributed by atoms with Gasteiger partial charge in [-0.15, -0.1) is 0 Å². The van der Waals surface area contributed by atoms with E-state index in [0.29, 0.717) is 5.41 Å². The number of hydrogen-bond acceptors (Lipinski definition) is 2. The fourth-order valence-corrected chi connectivity index (χ4v) is 2.81. The number of rotatable bonds is 0. The minimum Gasteiger partial charge on any atom is -0.324 e. The Labute approximate surface area is 68.7 Å². The fraction of sp³-hybridized carbons (Fsp3) is 1.00. The highest BCUT2D eigenvalue weighted by Crippen LogP contribution is 2.51. The lowest BCUT2D eigenvalue weighted by Crippen LogP contribution is -2.55. The molecular formula is C9H18N2. The van der Waals surface area contributed by atoms with Crippen molar-refractivity contribution in [1.82, 2.24) is 4.90 Å². The van der Waals surface area contributed by atoms with Gasteiger partial charge in [0.25, 0.3) is 0 Å². The van der Waals surface area contributed by atoms with Gasteiger partial charge in [0.15, 0.2) is 0 Å². The smallest absolute Gasteiger partial charge is 0.0324 e. The second-order valence-corrected chi connectivity index (χ2v) is 4.72. The number of hydrogen-bond donors (Lipinski definition) is 1. The molecule has 0 aromatic rings. The average Bonchev–Trinajstić information content (AvgIpc) is 1.98. The van der Waals surface area contributed by atoms with Gasteiger partial charge >= 0.3 is 0 Å². The molecule has 0 aromatic heterocycles. The maximum absolute atomic E-state index is 6.27. The summed E-state index contributed by atoms with van der Waals surface area (Å²) < 4.78 is 0. The number of likely N-dealkylation sites (N-methyl/N-ethyl adjacent to an activating group) is 1. The third-order valence-electron chi connectivity index (χ3n) is 3.69. The molecule has 2 heteroatoms. The SMILES string of the molecule is CN1CC(C)(N)C2(CCC2)C1. The van der Waals surface area contributed by atoms with E-state index >= 15 is 0 Å². The van der Waals surface area contributed by atoms with E-state index in [1.165, 1.54) is 25.8 Å². The van der Waals surface area contributed by atoms with Crippen molar-refractivity contribution < 1.29 is 0 Å². The molecule has 2 rings (SSSR count). The predicted molar refractivity (Wildman–Crippen MR) is 46.4 cm³/mol. The zero-order valence-electron chi connectivity index (χ0n) is 7.56. The molecule has 0 amide bonds. The van der Waals surface area contributed by atoms with Crippen LogP contribution in [0.1, 0.15) is 26.2 Å². The first-order valence-electron chi connectivity index (χ1n) is 4.53. The minimum absolute atomic E-state index is 0.0833. The van der Waals surface area contributed by atoms with Gasteiger partial charge in [0.2, 0.25) is 0 Å². The monoisotopic (exact) mass is 154 g/mol. The summed E-state index contributed by atoms with van der Waals surface area (Å²) in [6.07, 6.45) is 4.09. The van der Waals surface area contributed by atoms with Crippen molar-refractivity contribution in [1.29, 1.82) is 0 Å². The lowest BCUT2D eigenvalue weighted by Gasteiger charge is -2.47. The molecule has 1 unspecified atom stereocenters. The number of likely N-dealkylation sites (tertiary alicyclic amines) is 1. The molecule has 1 aliphatic carbocycles. The van der Waals surface area contributed by atoms with Crippen molar-refractivity contribution in [2.24, 2.45) is 11.1 Å². The molecule has 2 fully saturated rings. The molecule has 0 bridgehead atoms. The normalized spacial score (nSPS) is 42.8. The van der Waals surface area contributed by atoms with E-state index in [4.69, 9.17) is 5.73 Å². The highest BCUT2D eigenvalue weighted by atomic mass is 15.2. The van der Waals surface area contributed by atoms with Crippen molar-refractivity contribution in [3.05, 3.63) is 0 Å². The maximum Gasteiger partial charge on any atom is 0.0324 e. The van der Waals surface area contributed by atoms with Crippen LogP contribution in [0, 0.1) is 5.41 Å². The summed E-state index contributed by atoms with van der Waals surface area (Å²) in [5, 5.41) is 0. The summed E-state index contributed by atoms with van der Waals surface area (Å²) in [4.78, 5) is 2.37. The fourth-order valence-electron chi connectivity index (χ4n) is 2.81. The van der Waals surface area contributed by atoms with Gasteiger partial charge in [0.05, 0.1) is 0 Å². The summed E-state index contributed by atoms with van der Waals surface area (Å²) in [6, 6.07) is 0. The third-order valence-corrected chi connectivity index (χ3v) is 3.69. The van der Waals surface area contributed by atoms with Crippen molar-refractivity contribution in [3.63, 3.8) is 0 Å². The predicted octanol–water partition coefficient (Wildman–Crippen LogP) is 0.819. The Morgan fingerprint density at radius 3 is 2.09 bits per heavy atom. The second-order valence-electron chi connectivity index (χ2n) is 4.72. The van der Waals surface area contributed by atoms with Crippen molar-refractivity contribution in [2.75, 3.05) is 20.1 Å². The van der Waals surface area contributed by atoms with Crippen LogP contribution < -0.4 is 5.73 Å². The number of nitrogens with two attached hydrogens (primary N) is 1. The van der Waals surface area contributed by atoms with Gasteiger partial charge in [-0.2, -0.15) is 0 Å². The number of nitrogens with zero attached hydrogens (tertiary/aromatic N) is 1. The first-order valence-corrected chi connectivity index (χ1v) is 4.53. The van der Waals surface area contributed by atoms with Crippen molar-refractivity contribution >= 4 is 0 Å². The van der Waals surface area contributed by atoms with E-state index in [1.807, 2.05) is 0 Å². The Hall–Kier alpha value is -0.0800. The van der Waals surface area contributed by atoms with Crippen LogP contribution >= 0.6 is 0 Å². The summed E-state index contributed by atoms with van der Waals surface area (Å²) in [5.74, 6) is 0. The molecule has 2 N–H and O–H groups in total. The van der Waals surface area contributed by atoms with Crippen LogP contribution in [0.25, 0.3) is 0 Å². The van der Waals surface area contributed by atoms with E-state index in [2.05, 4.69) is 18.9 Å². The zero-order valence-corrected chi connectivity index (χ0v) is 7.56. The molecule has 11 heavy (non-hydrogen) atoms. The molecule has 1 heterocycles. The minimum atomic E-state index is 0.0833. The Kier molecular flexibility index (Phi) is 1.37. The van der Waals surface area contributed by atoms with E-state index in [-0.39, 0.29) is 5.54 Å². The van der Waals surface area contributed by atoms with Gasteiger partial charge in [-0.05, 0) is 26.8 Å². The summed E-state index contributed by atoms with van der Waals surface area (Å²) in [7, 11) is 2.18. The largest absolute Gasteiger partial charge is 0.324 e. The molecule has 0 aromatic carbocycles. The van der Waals surface area contributed by atoms with Crippen LogP contribution in [-0.4, -0.2) is 30.6 Å². The van der Waals surface area contributed by atoms with Crippen LogP contribution in [0.5, 0.6) is 0 Å². The summed E-state index contributed by atoms with van der Waals surface area (Å²) in [5.41, 5.74) is 6.84. The Bertz CT molecular complexity index is 170. The topological polar surface area (TPSA) is 29.3 Å². The van der Waals surface area contributed by atoms with Crippen LogP contribution in [0.4, 0.5) is 0 Å². The highest BCUT2D eigenvalue weighted by molar-refractivity contribution is 5.11. The molecule has 1 aliphatic heterocycles. The maximum atomic E-state index is 6.27. The van der Waals surface area contributed by atoms with E-state index in [0.717, 1.165) is 6.54 Å². The molecule has 2 nitrogen and oxygen atoms in total. The van der Waals surface area contributed by atoms with Gasteiger partial charge in [0.1, 0.15) is 0 Å². The van der Waals surface area contributed by atoms with Crippen LogP contribution in [0.15, 0.2) is 0 Å². The second kappa shape index (κ2) is 1.99. The van der Waals surface area contributed by atoms with Crippen LogP contribution in [-0.2, 0) is 0 Å². The summed E-state index contributed by atoms with van der Waals surface area (Å²) >= 11 is 0. The molecule has 1 atom stereocenters. The van der Waals surface area contributed by atoms with Crippen LogP contribution in [0.3, 0.4) is 0 Å². The van der Waals surface area contributed by atoms with Gasteiger partial charge < -0.3 is 10.6 Å². The van der Waals surface area contributed by atoms with Gasteiger partial charge in [-0.1, -0.05) is 6.42 Å². The van der Waals surface area contributed by atoms with Crippen molar-refractivity contribution in [3.8, 4) is 0 Å². The summed E-state index contributed by atoms with van der Waals surface area (Å²) in [6.45, 7) is 4.52. The quantitative estimate of drug-likeness (QED) is 0.559. The standard InChI is InChI=1S/C9H18N2/c1-8(10)6-11(2)7-9(8)4-3-5-9/h3-7,10H2,1-2H3. The lowest BCUT2D eigenvalue weighted by atomic mass is 9.60. The average molecular weight is 154 g/mol. The van der Waals surface area contributed by atoms with E-state index in [9.17, 15) is 0 Å². The molecule has 1 saturated heterocycles. The molecule has 0 radical (unpaired) electrons. The lowest BCUT2D eigenvalue weighted by molar-refractivity contribution is 0.0794. The Morgan fingerprint density at radius 2 is 1.91 bits per heavy atom. The Balaban J connectivity index is 2.20. The van der Waals surface area contributed by atoms with E-state index < -0.39 is 0 Å². The van der Waals surface area contributed by atoms with Gasteiger partial charge in [-0.3, -0.25) is 0 Å². The third kappa shape index (κ3) is 0.859. The molecule has 1 spiro atoms. The Morgan fingerprint density at radius 1 is 1.27 bits per heavy atom. The van der Waals surface area contributed by atoms with Crippen LogP contribution in [0.2, 0.25) is 0 Å². The first kappa shape index (κ1) is 7.56. The first-order chi connectivity index (χ1) is 5.06. The zero-order chi connectivity index (χ0) is 8.11. The molecule has 1 saturated carbocycles. The highest BCUT2D eigenvalue weighted by Gasteiger charge is 2.54.